The molecule has 4 aromatic rings. The summed E-state index contributed by atoms with van der Waals surface area (Å²) in [5, 5.41) is 5.12. The van der Waals surface area contributed by atoms with Crippen molar-refractivity contribution in [3.05, 3.63) is 86.3 Å². The number of hydrogen-bond acceptors (Lipinski definition) is 6. The molecular weight excluding hydrogens is 483 g/mol. The number of hydrogen-bond donors (Lipinski definition) is 1. The molecule has 1 aliphatic rings. The number of fused-ring (bicyclic) bond motifs is 3. The lowest BCUT2D eigenvalue weighted by Gasteiger charge is -2.13. The molecular formula is C26H23FN4O2S2. The zero-order chi connectivity index (χ0) is 24.4. The zero-order valence-corrected chi connectivity index (χ0v) is 20.7. The van der Waals surface area contributed by atoms with Gasteiger partial charge in [0, 0.05) is 4.88 Å². The van der Waals surface area contributed by atoms with Crippen LogP contribution in [0.5, 0.6) is 0 Å². The second-order valence-electron chi connectivity index (χ2n) is 8.39. The van der Waals surface area contributed by atoms with Crippen molar-refractivity contribution >= 4 is 45.4 Å². The molecule has 9 heteroatoms. The molecule has 1 amide bonds. The van der Waals surface area contributed by atoms with E-state index in [-0.39, 0.29) is 23.0 Å². The summed E-state index contributed by atoms with van der Waals surface area (Å²) in [6, 6.07) is 13.5. The van der Waals surface area contributed by atoms with E-state index >= 15 is 0 Å². The molecule has 0 bridgehead atoms. The van der Waals surface area contributed by atoms with Crippen molar-refractivity contribution in [2.75, 3.05) is 5.75 Å². The Hall–Kier alpha value is -3.30. The van der Waals surface area contributed by atoms with Gasteiger partial charge >= 0.3 is 0 Å². The Morgan fingerprint density at radius 1 is 1.17 bits per heavy atom. The van der Waals surface area contributed by atoms with Gasteiger partial charge in [-0.3, -0.25) is 14.2 Å². The number of carbonyl (C=O) groups excluding carboxylic acids is 1. The first-order valence-electron chi connectivity index (χ1n) is 11.3. The SMILES string of the molecule is Cc1ccc(-n2c(SCC(=O)NN=Cc3ccc(F)cc3)nc3sc4c(c3c2=O)CCCC4)cc1. The highest BCUT2D eigenvalue weighted by Crippen LogP contribution is 2.35. The van der Waals surface area contributed by atoms with E-state index in [0.717, 1.165) is 47.3 Å². The van der Waals surface area contributed by atoms with E-state index < -0.39 is 0 Å². The summed E-state index contributed by atoms with van der Waals surface area (Å²) >= 11 is 2.79. The quantitative estimate of drug-likeness (QED) is 0.173. The van der Waals surface area contributed by atoms with Gasteiger partial charge in [-0.2, -0.15) is 5.10 Å². The Morgan fingerprint density at radius 3 is 2.69 bits per heavy atom. The van der Waals surface area contributed by atoms with Gasteiger partial charge < -0.3 is 0 Å². The van der Waals surface area contributed by atoms with Crippen molar-refractivity contribution in [3.8, 4) is 5.69 Å². The van der Waals surface area contributed by atoms with E-state index in [1.165, 1.54) is 35.0 Å². The van der Waals surface area contributed by atoms with Gasteiger partial charge in [-0.05, 0) is 68.0 Å². The molecule has 0 radical (unpaired) electrons. The summed E-state index contributed by atoms with van der Waals surface area (Å²) in [7, 11) is 0. The van der Waals surface area contributed by atoms with Crippen LogP contribution in [-0.4, -0.2) is 27.4 Å². The minimum absolute atomic E-state index is 0.0374. The Morgan fingerprint density at radius 2 is 1.91 bits per heavy atom. The summed E-state index contributed by atoms with van der Waals surface area (Å²) in [4.78, 5) is 33.0. The van der Waals surface area contributed by atoms with E-state index in [9.17, 15) is 14.0 Å². The Labute approximate surface area is 209 Å². The third-order valence-electron chi connectivity index (χ3n) is 5.86. The van der Waals surface area contributed by atoms with E-state index in [1.54, 1.807) is 28.0 Å². The highest BCUT2D eigenvalue weighted by atomic mass is 32.2. The van der Waals surface area contributed by atoms with Gasteiger partial charge in [-0.1, -0.05) is 41.6 Å². The van der Waals surface area contributed by atoms with Gasteiger partial charge in [-0.25, -0.2) is 14.8 Å². The Bertz CT molecular complexity index is 1470. The predicted octanol–water partition coefficient (Wildman–Crippen LogP) is 5.02. The molecule has 2 aromatic carbocycles. The molecule has 2 heterocycles. The molecule has 0 saturated carbocycles. The van der Waals surface area contributed by atoms with Gasteiger partial charge in [-0.15, -0.1) is 11.3 Å². The molecule has 0 aliphatic heterocycles. The molecule has 2 aromatic heterocycles. The Balaban J connectivity index is 1.42. The summed E-state index contributed by atoms with van der Waals surface area (Å²) in [5.41, 5.74) is 6.01. The van der Waals surface area contributed by atoms with Gasteiger partial charge in [0.05, 0.1) is 23.0 Å². The minimum atomic E-state index is -0.335. The maximum absolute atomic E-state index is 13.7. The first kappa shape index (κ1) is 23.4. The number of hydrazone groups is 1. The average molecular weight is 507 g/mol. The fourth-order valence-corrected chi connectivity index (χ4v) is 6.20. The molecule has 178 valence electrons. The van der Waals surface area contributed by atoms with Crippen LogP contribution >= 0.6 is 23.1 Å². The molecule has 0 unspecified atom stereocenters. The number of thioether (sulfide) groups is 1. The molecule has 35 heavy (non-hydrogen) atoms. The zero-order valence-electron chi connectivity index (χ0n) is 19.1. The molecule has 0 spiro atoms. The number of nitrogens with one attached hydrogen (secondary N) is 1. The maximum Gasteiger partial charge on any atom is 0.267 e. The van der Waals surface area contributed by atoms with Gasteiger partial charge in [0.2, 0.25) is 0 Å². The van der Waals surface area contributed by atoms with Crippen LogP contribution in [0.3, 0.4) is 0 Å². The van der Waals surface area contributed by atoms with Crippen LogP contribution in [0.4, 0.5) is 4.39 Å². The van der Waals surface area contributed by atoms with Crippen molar-refractivity contribution in [1.82, 2.24) is 15.0 Å². The third kappa shape index (κ3) is 5.06. The van der Waals surface area contributed by atoms with Crippen LogP contribution in [0.15, 0.2) is 63.6 Å². The third-order valence-corrected chi connectivity index (χ3v) is 7.98. The van der Waals surface area contributed by atoms with Crippen molar-refractivity contribution < 1.29 is 9.18 Å². The highest BCUT2D eigenvalue weighted by molar-refractivity contribution is 7.99. The van der Waals surface area contributed by atoms with Crippen molar-refractivity contribution in [2.24, 2.45) is 5.10 Å². The minimum Gasteiger partial charge on any atom is -0.272 e. The number of rotatable bonds is 6. The molecule has 0 saturated heterocycles. The van der Waals surface area contributed by atoms with E-state index in [0.29, 0.717) is 16.1 Å². The second kappa shape index (κ2) is 10.1. The number of carbonyl (C=O) groups is 1. The summed E-state index contributed by atoms with van der Waals surface area (Å²) in [5.74, 6) is -0.628. The molecule has 1 aliphatic carbocycles. The smallest absolute Gasteiger partial charge is 0.267 e. The number of amides is 1. The number of nitrogens with zero attached hydrogens (tertiary/aromatic N) is 3. The van der Waals surface area contributed by atoms with Crippen LogP contribution in [0, 0.1) is 12.7 Å². The number of aromatic nitrogens is 2. The van der Waals surface area contributed by atoms with Gasteiger partial charge in [0.1, 0.15) is 10.6 Å². The molecule has 5 rings (SSSR count). The van der Waals surface area contributed by atoms with E-state index in [4.69, 9.17) is 4.98 Å². The normalized spacial score (nSPS) is 13.3. The predicted molar refractivity (Wildman–Crippen MR) is 139 cm³/mol. The van der Waals surface area contributed by atoms with Crippen molar-refractivity contribution in [2.45, 2.75) is 37.8 Å². The summed E-state index contributed by atoms with van der Waals surface area (Å²) in [6.07, 6.45) is 5.55. The van der Waals surface area contributed by atoms with Crippen LogP contribution in [-0.2, 0) is 17.6 Å². The number of aryl methyl sites for hydroxylation is 3. The Kier molecular flexibility index (Phi) is 6.79. The van der Waals surface area contributed by atoms with Crippen LogP contribution < -0.4 is 11.0 Å². The van der Waals surface area contributed by atoms with Crippen LogP contribution in [0.1, 0.15) is 34.4 Å². The van der Waals surface area contributed by atoms with E-state index in [2.05, 4.69) is 10.5 Å². The first-order valence-corrected chi connectivity index (χ1v) is 13.1. The molecule has 0 fully saturated rings. The molecule has 0 atom stereocenters. The van der Waals surface area contributed by atoms with Crippen molar-refractivity contribution in [3.63, 3.8) is 0 Å². The second-order valence-corrected chi connectivity index (χ2v) is 10.4. The average Bonchev–Trinajstić information content (AvgIpc) is 3.23. The molecule has 6 nitrogen and oxygen atoms in total. The summed E-state index contributed by atoms with van der Waals surface area (Å²) in [6.45, 7) is 2.00. The topological polar surface area (TPSA) is 76.3 Å². The lowest BCUT2D eigenvalue weighted by atomic mass is 9.97. The largest absolute Gasteiger partial charge is 0.272 e. The van der Waals surface area contributed by atoms with E-state index in [1.807, 2.05) is 31.2 Å². The fraction of sp³-hybridized carbons (Fsp3) is 0.231. The maximum atomic E-state index is 13.7. The number of benzene rings is 2. The van der Waals surface area contributed by atoms with Crippen molar-refractivity contribution in [1.29, 1.82) is 0 Å². The summed E-state index contributed by atoms with van der Waals surface area (Å²) < 4.78 is 14.6. The standard InChI is InChI=1S/C26H23FN4O2S2/c1-16-6-12-19(13-7-16)31-25(33)23-20-4-2-3-5-21(20)35-24(23)29-26(31)34-15-22(32)30-28-14-17-8-10-18(27)11-9-17/h6-14H,2-5,15H2,1H3,(H,30,32). The van der Waals surface area contributed by atoms with Gasteiger partial charge in [0.15, 0.2) is 5.16 Å². The lowest BCUT2D eigenvalue weighted by Crippen LogP contribution is -2.24. The van der Waals surface area contributed by atoms with Crippen LogP contribution in [0.25, 0.3) is 15.9 Å². The highest BCUT2D eigenvalue weighted by Gasteiger charge is 2.23. The fourth-order valence-electron chi connectivity index (χ4n) is 4.09. The monoisotopic (exact) mass is 506 g/mol. The van der Waals surface area contributed by atoms with Gasteiger partial charge in [0.25, 0.3) is 11.5 Å². The first-order chi connectivity index (χ1) is 17.0. The number of thiophene rings is 1. The molecule has 1 N–H and O–H groups in total. The number of halogens is 1. The van der Waals surface area contributed by atoms with Crippen LogP contribution in [0.2, 0.25) is 0 Å². The lowest BCUT2D eigenvalue weighted by molar-refractivity contribution is -0.118.